The average Bonchev–Trinajstić information content (AvgIpc) is 3.38. The van der Waals surface area contributed by atoms with Gasteiger partial charge in [-0.3, -0.25) is 4.90 Å². The predicted molar refractivity (Wildman–Crippen MR) is 117 cm³/mol. The summed E-state index contributed by atoms with van der Waals surface area (Å²) in [6.07, 6.45) is 6.92. The second-order valence-electron chi connectivity index (χ2n) is 8.92. The number of nitrogens with zero attached hydrogens (tertiary/aromatic N) is 6. The van der Waals surface area contributed by atoms with E-state index in [0.717, 1.165) is 24.9 Å². The minimum absolute atomic E-state index is 0.116. The first-order chi connectivity index (χ1) is 14.9. The van der Waals surface area contributed by atoms with Crippen LogP contribution in [0.2, 0.25) is 0 Å². The van der Waals surface area contributed by atoms with E-state index < -0.39 is 11.7 Å². The van der Waals surface area contributed by atoms with E-state index in [0.29, 0.717) is 23.1 Å². The van der Waals surface area contributed by atoms with E-state index in [9.17, 15) is 5.11 Å². The van der Waals surface area contributed by atoms with Crippen molar-refractivity contribution in [1.82, 2.24) is 24.6 Å². The highest BCUT2D eigenvalue weighted by atomic mass is 19.1. The van der Waals surface area contributed by atoms with E-state index in [-0.39, 0.29) is 11.8 Å². The van der Waals surface area contributed by atoms with Gasteiger partial charge in [0.15, 0.2) is 5.82 Å². The zero-order valence-corrected chi connectivity index (χ0v) is 18.0. The molecule has 2 aliphatic heterocycles. The number of anilines is 1. The Hall–Kier alpha value is -3.00. The maximum atomic E-state index is 15.5. The fraction of sp³-hybridized carbons (Fsp3) is 0.435. The van der Waals surface area contributed by atoms with E-state index in [1.807, 2.05) is 60.9 Å². The van der Waals surface area contributed by atoms with Gasteiger partial charge in [-0.15, -0.1) is 10.2 Å². The number of imidazole rings is 1. The molecule has 0 amide bonds. The lowest BCUT2D eigenvalue weighted by Gasteiger charge is -2.49. The molecule has 162 valence electrons. The fourth-order valence-electron chi connectivity index (χ4n) is 5.16. The molecular weight excluding hydrogens is 395 g/mol. The molecule has 4 atom stereocenters. The lowest BCUT2D eigenvalue weighted by molar-refractivity contribution is 0.00185. The van der Waals surface area contributed by atoms with Crippen molar-refractivity contribution >= 4 is 5.82 Å². The number of hydrogen-bond acceptors (Lipinski definition) is 6. The summed E-state index contributed by atoms with van der Waals surface area (Å²) in [5.74, 6) is 0.753. The lowest BCUT2D eigenvalue weighted by atomic mass is 9.84. The monoisotopic (exact) mass is 422 g/mol. The van der Waals surface area contributed by atoms with Crippen molar-refractivity contribution < 1.29 is 9.50 Å². The smallest absolute Gasteiger partial charge is 0.151 e. The number of piperidine rings is 1. The van der Waals surface area contributed by atoms with Gasteiger partial charge in [0.2, 0.25) is 0 Å². The van der Waals surface area contributed by atoms with Gasteiger partial charge in [0, 0.05) is 37.1 Å². The second-order valence-corrected chi connectivity index (χ2v) is 8.92. The number of hydrogen-bond donors (Lipinski definition) is 1. The summed E-state index contributed by atoms with van der Waals surface area (Å²) >= 11 is 0. The Labute approximate surface area is 181 Å². The maximum absolute atomic E-state index is 15.5. The molecule has 4 heterocycles. The van der Waals surface area contributed by atoms with Crippen LogP contribution in [0.25, 0.3) is 16.9 Å². The van der Waals surface area contributed by atoms with Crippen molar-refractivity contribution in [2.45, 2.75) is 50.0 Å². The van der Waals surface area contributed by atoms with Crippen LogP contribution in [0.15, 0.2) is 49.1 Å². The Balaban J connectivity index is 1.37. The molecule has 5 rings (SSSR count). The van der Waals surface area contributed by atoms with E-state index in [4.69, 9.17) is 0 Å². The van der Waals surface area contributed by atoms with Crippen molar-refractivity contribution in [2.75, 3.05) is 19.0 Å². The van der Waals surface area contributed by atoms with Gasteiger partial charge >= 0.3 is 0 Å². The summed E-state index contributed by atoms with van der Waals surface area (Å²) in [5, 5.41) is 19.2. The second kappa shape index (κ2) is 7.30. The van der Waals surface area contributed by atoms with Gasteiger partial charge in [0.05, 0.1) is 29.3 Å². The number of halogens is 1. The molecule has 1 aromatic carbocycles. The van der Waals surface area contributed by atoms with Crippen LogP contribution in [-0.2, 0) is 0 Å². The molecule has 2 bridgehead atoms. The zero-order chi connectivity index (χ0) is 21.8. The van der Waals surface area contributed by atoms with Crippen molar-refractivity contribution in [2.24, 2.45) is 0 Å². The molecule has 0 spiro atoms. The summed E-state index contributed by atoms with van der Waals surface area (Å²) in [7, 11) is 3.94. The number of phenols is 1. The van der Waals surface area contributed by atoms with E-state index in [2.05, 4.69) is 20.1 Å². The molecule has 3 aromatic rings. The lowest BCUT2D eigenvalue weighted by Crippen LogP contribution is -2.62. The number of aromatic nitrogens is 4. The molecule has 1 N–H and O–H groups in total. The van der Waals surface area contributed by atoms with Crippen LogP contribution < -0.4 is 4.90 Å². The van der Waals surface area contributed by atoms with Crippen LogP contribution in [0.1, 0.15) is 26.2 Å². The van der Waals surface area contributed by atoms with Crippen molar-refractivity contribution in [1.29, 1.82) is 0 Å². The Kier molecular flexibility index (Phi) is 4.69. The number of phenolic OH excluding ortho intramolecular Hbond substituents is 1. The SMILES string of the molecule is CN(c1ccc(-c2ccc(-n3ccnc3)cc2O)nn1)[C@H]1C[C@@H]2CC[C@](C)([C@H]1F)N2C. The van der Waals surface area contributed by atoms with Gasteiger partial charge in [0.25, 0.3) is 0 Å². The number of fused-ring (bicyclic) bond motifs is 2. The fourth-order valence-corrected chi connectivity index (χ4v) is 5.16. The third-order valence-electron chi connectivity index (χ3n) is 7.35. The third-order valence-corrected chi connectivity index (χ3v) is 7.35. The Morgan fingerprint density at radius 1 is 1.23 bits per heavy atom. The van der Waals surface area contributed by atoms with Crippen molar-refractivity contribution in [3.05, 3.63) is 49.1 Å². The van der Waals surface area contributed by atoms with E-state index in [1.54, 1.807) is 18.6 Å². The number of rotatable bonds is 4. The number of benzene rings is 1. The largest absolute Gasteiger partial charge is 0.507 e. The first-order valence-electron chi connectivity index (χ1n) is 10.6. The molecule has 0 aliphatic carbocycles. The topological polar surface area (TPSA) is 70.3 Å². The minimum atomic E-state index is -0.956. The summed E-state index contributed by atoms with van der Waals surface area (Å²) in [6.45, 7) is 2.03. The van der Waals surface area contributed by atoms with Crippen LogP contribution in [0.3, 0.4) is 0 Å². The molecule has 2 saturated heterocycles. The van der Waals surface area contributed by atoms with Gasteiger partial charge < -0.3 is 14.6 Å². The molecular formula is C23H27FN6O. The maximum Gasteiger partial charge on any atom is 0.151 e. The van der Waals surface area contributed by atoms with Gasteiger partial charge in [-0.1, -0.05) is 0 Å². The summed E-state index contributed by atoms with van der Waals surface area (Å²) in [6, 6.07) is 9.22. The highest BCUT2D eigenvalue weighted by molar-refractivity contribution is 5.69. The summed E-state index contributed by atoms with van der Waals surface area (Å²) in [5.41, 5.74) is 1.55. The van der Waals surface area contributed by atoms with Crippen LogP contribution in [0.5, 0.6) is 5.75 Å². The summed E-state index contributed by atoms with van der Waals surface area (Å²) in [4.78, 5) is 8.16. The Bertz CT molecular complexity index is 1070. The number of aromatic hydroxyl groups is 1. The highest BCUT2D eigenvalue weighted by Crippen LogP contribution is 2.46. The Morgan fingerprint density at radius 3 is 2.74 bits per heavy atom. The van der Waals surface area contributed by atoms with Crippen LogP contribution in [-0.4, -0.2) is 67.6 Å². The first kappa shape index (κ1) is 19.9. The molecule has 0 radical (unpaired) electrons. The number of alkyl halides is 1. The molecule has 8 heteroatoms. The van der Waals surface area contributed by atoms with Gasteiger partial charge in [-0.25, -0.2) is 9.37 Å². The van der Waals surface area contributed by atoms with Gasteiger partial charge in [-0.05, 0) is 57.5 Å². The zero-order valence-electron chi connectivity index (χ0n) is 18.0. The van der Waals surface area contributed by atoms with Gasteiger partial charge in [0.1, 0.15) is 11.9 Å². The quantitative estimate of drug-likeness (QED) is 0.695. The third kappa shape index (κ3) is 3.17. The van der Waals surface area contributed by atoms with Crippen LogP contribution in [0, 0.1) is 0 Å². The molecule has 31 heavy (non-hydrogen) atoms. The summed E-state index contributed by atoms with van der Waals surface area (Å²) < 4.78 is 17.3. The minimum Gasteiger partial charge on any atom is -0.507 e. The van der Waals surface area contributed by atoms with Gasteiger partial charge in [-0.2, -0.15) is 0 Å². The van der Waals surface area contributed by atoms with E-state index in [1.165, 1.54) is 0 Å². The van der Waals surface area contributed by atoms with Crippen molar-refractivity contribution in [3.63, 3.8) is 0 Å². The molecule has 2 aromatic heterocycles. The molecule has 7 nitrogen and oxygen atoms in total. The normalized spacial score (nSPS) is 28.1. The molecule has 2 fully saturated rings. The molecule has 2 aliphatic rings. The molecule has 0 saturated carbocycles. The highest BCUT2D eigenvalue weighted by Gasteiger charge is 2.55. The van der Waals surface area contributed by atoms with Crippen molar-refractivity contribution in [3.8, 4) is 22.7 Å². The first-order valence-corrected chi connectivity index (χ1v) is 10.6. The van der Waals surface area contributed by atoms with Crippen LogP contribution >= 0.6 is 0 Å². The average molecular weight is 423 g/mol. The van der Waals surface area contributed by atoms with Crippen LogP contribution in [0.4, 0.5) is 10.2 Å². The standard InChI is InChI=1S/C23H27FN6O/c1-23-9-8-15(29(23)3)12-19(22(23)24)28(2)21-7-6-18(26-27-21)17-5-4-16(13-20(17)31)30-11-10-25-14-30/h4-7,10-11,13-15,19,22,31H,8-9,12H2,1-3H3/t15-,19-,22-,23+/m0/s1. The Morgan fingerprint density at radius 2 is 2.06 bits per heavy atom. The molecule has 0 unspecified atom stereocenters. The predicted octanol–water partition coefficient (Wildman–Crippen LogP) is 3.43. The van der Waals surface area contributed by atoms with E-state index >= 15 is 4.39 Å².